The van der Waals surface area contributed by atoms with Gasteiger partial charge in [0.2, 0.25) is 0 Å². The number of rotatable bonds is 5. The first-order chi connectivity index (χ1) is 8.65. The Morgan fingerprint density at radius 3 is 3.00 bits per heavy atom. The summed E-state index contributed by atoms with van der Waals surface area (Å²) >= 11 is 1.48. The Kier molecular flexibility index (Phi) is 4.22. The largest absolute Gasteiger partial charge is 0.311 e. The molecule has 0 spiro atoms. The Bertz CT molecular complexity index is 547. The predicted molar refractivity (Wildman–Crippen MR) is 72.5 cm³/mol. The monoisotopic (exact) mass is 264 g/mol. The Balaban J connectivity index is 2.14. The first-order valence-electron chi connectivity index (χ1n) is 5.84. The lowest BCUT2D eigenvalue weighted by Crippen LogP contribution is -2.21. The number of aromatic nitrogens is 3. The summed E-state index contributed by atoms with van der Waals surface area (Å²) in [5, 5.41) is 5.13. The normalized spacial score (nSPS) is 11.1. The van der Waals surface area contributed by atoms with Gasteiger partial charge in [0.15, 0.2) is 5.82 Å². The molecule has 2 heterocycles. The number of thiazole rings is 1. The molecule has 0 atom stereocenters. The van der Waals surface area contributed by atoms with Gasteiger partial charge < -0.3 is 10.3 Å². The third-order valence-corrected chi connectivity index (χ3v) is 2.91. The van der Waals surface area contributed by atoms with Crippen LogP contribution in [0.1, 0.15) is 19.5 Å². The number of hydrogen-bond donors (Lipinski definition) is 2. The standard InChI is InChI=1S/C12H16N4OS/c1-8(2)4-13-5-9-3-11(17)16-12(15-9)10-6-18-7-14-10/h3,6-8,13H,4-5H2,1-2H3,(H,15,16,17). The summed E-state index contributed by atoms with van der Waals surface area (Å²) in [7, 11) is 0. The predicted octanol–water partition coefficient (Wildman–Crippen LogP) is 1.64. The maximum absolute atomic E-state index is 11.6. The number of nitrogens with zero attached hydrogens (tertiary/aromatic N) is 2. The molecule has 5 nitrogen and oxygen atoms in total. The van der Waals surface area contributed by atoms with Crippen molar-refractivity contribution in [2.24, 2.45) is 5.92 Å². The van der Waals surface area contributed by atoms with E-state index in [1.807, 2.05) is 5.38 Å². The lowest BCUT2D eigenvalue weighted by atomic mass is 10.2. The highest BCUT2D eigenvalue weighted by molar-refractivity contribution is 7.07. The van der Waals surface area contributed by atoms with Crippen LogP contribution in [0.4, 0.5) is 0 Å². The second-order valence-corrected chi connectivity index (χ2v) is 5.20. The van der Waals surface area contributed by atoms with Crippen LogP contribution in [0.3, 0.4) is 0 Å². The van der Waals surface area contributed by atoms with Gasteiger partial charge in [0, 0.05) is 18.0 Å². The average molecular weight is 264 g/mol. The van der Waals surface area contributed by atoms with Crippen molar-refractivity contribution < 1.29 is 0 Å². The maximum Gasteiger partial charge on any atom is 0.251 e. The Morgan fingerprint density at radius 1 is 1.50 bits per heavy atom. The van der Waals surface area contributed by atoms with E-state index >= 15 is 0 Å². The summed E-state index contributed by atoms with van der Waals surface area (Å²) in [6.07, 6.45) is 0. The van der Waals surface area contributed by atoms with Crippen LogP contribution >= 0.6 is 11.3 Å². The van der Waals surface area contributed by atoms with Gasteiger partial charge in [-0.1, -0.05) is 13.8 Å². The highest BCUT2D eigenvalue weighted by Crippen LogP contribution is 2.12. The fourth-order valence-corrected chi connectivity index (χ4v) is 2.07. The van der Waals surface area contributed by atoms with Crippen LogP contribution in [-0.2, 0) is 6.54 Å². The quantitative estimate of drug-likeness (QED) is 0.861. The van der Waals surface area contributed by atoms with Gasteiger partial charge in [-0.3, -0.25) is 4.79 Å². The van der Waals surface area contributed by atoms with E-state index in [-0.39, 0.29) is 5.56 Å². The fraction of sp³-hybridized carbons (Fsp3) is 0.417. The topological polar surface area (TPSA) is 70.7 Å². The summed E-state index contributed by atoms with van der Waals surface area (Å²) in [5.41, 5.74) is 3.03. The van der Waals surface area contributed by atoms with Crippen LogP contribution in [0.2, 0.25) is 0 Å². The minimum absolute atomic E-state index is 0.144. The van der Waals surface area contributed by atoms with Crippen molar-refractivity contribution in [3.63, 3.8) is 0 Å². The van der Waals surface area contributed by atoms with E-state index in [0.29, 0.717) is 24.0 Å². The third-order valence-electron chi connectivity index (χ3n) is 2.33. The number of H-pyrrole nitrogens is 1. The van der Waals surface area contributed by atoms with E-state index in [1.165, 1.54) is 17.4 Å². The summed E-state index contributed by atoms with van der Waals surface area (Å²) in [4.78, 5) is 22.8. The lowest BCUT2D eigenvalue weighted by Gasteiger charge is -2.07. The molecule has 0 bridgehead atoms. The Morgan fingerprint density at radius 2 is 2.33 bits per heavy atom. The summed E-state index contributed by atoms with van der Waals surface area (Å²) in [5.74, 6) is 1.11. The molecule has 0 unspecified atom stereocenters. The van der Waals surface area contributed by atoms with Crippen molar-refractivity contribution in [1.82, 2.24) is 20.3 Å². The zero-order chi connectivity index (χ0) is 13.0. The van der Waals surface area contributed by atoms with Crippen LogP contribution in [-0.4, -0.2) is 21.5 Å². The summed E-state index contributed by atoms with van der Waals surface area (Å²) in [6.45, 7) is 5.78. The van der Waals surface area contributed by atoms with Gasteiger partial charge in [0.1, 0.15) is 5.69 Å². The molecule has 0 radical (unpaired) electrons. The molecule has 0 saturated heterocycles. The van der Waals surface area contributed by atoms with E-state index < -0.39 is 0 Å². The number of nitrogens with one attached hydrogen (secondary N) is 2. The van der Waals surface area contributed by atoms with E-state index in [1.54, 1.807) is 5.51 Å². The molecular formula is C12H16N4OS. The zero-order valence-electron chi connectivity index (χ0n) is 10.4. The van der Waals surface area contributed by atoms with Gasteiger partial charge in [-0.15, -0.1) is 11.3 Å². The molecule has 0 saturated carbocycles. The van der Waals surface area contributed by atoms with Crippen molar-refractivity contribution in [2.75, 3.05) is 6.54 Å². The first-order valence-corrected chi connectivity index (χ1v) is 6.79. The highest BCUT2D eigenvalue weighted by Gasteiger charge is 2.05. The van der Waals surface area contributed by atoms with Crippen LogP contribution in [0.25, 0.3) is 11.5 Å². The Labute approximate surface area is 109 Å². The zero-order valence-corrected chi connectivity index (χ0v) is 11.3. The minimum atomic E-state index is -0.144. The van der Waals surface area contributed by atoms with Gasteiger partial charge in [0.05, 0.1) is 11.2 Å². The van der Waals surface area contributed by atoms with Gasteiger partial charge >= 0.3 is 0 Å². The second-order valence-electron chi connectivity index (χ2n) is 4.48. The lowest BCUT2D eigenvalue weighted by molar-refractivity contribution is 0.548. The molecule has 0 aliphatic heterocycles. The van der Waals surface area contributed by atoms with Crippen molar-refractivity contribution in [1.29, 1.82) is 0 Å². The molecule has 2 N–H and O–H groups in total. The third kappa shape index (κ3) is 3.48. The fourth-order valence-electron chi connectivity index (χ4n) is 1.54. The van der Waals surface area contributed by atoms with E-state index in [0.717, 1.165) is 12.2 Å². The summed E-state index contributed by atoms with van der Waals surface area (Å²) < 4.78 is 0. The van der Waals surface area contributed by atoms with Gasteiger partial charge in [-0.05, 0) is 12.5 Å². The van der Waals surface area contributed by atoms with E-state index in [9.17, 15) is 4.79 Å². The van der Waals surface area contributed by atoms with Crippen LogP contribution < -0.4 is 10.9 Å². The van der Waals surface area contributed by atoms with E-state index in [2.05, 4.69) is 34.1 Å². The molecule has 0 aliphatic rings. The van der Waals surface area contributed by atoms with Crippen LogP contribution in [0.15, 0.2) is 21.8 Å². The summed E-state index contributed by atoms with van der Waals surface area (Å²) in [6, 6.07) is 1.52. The van der Waals surface area contributed by atoms with Gasteiger partial charge in [-0.2, -0.15) is 0 Å². The molecule has 2 rings (SSSR count). The van der Waals surface area contributed by atoms with Crippen molar-refractivity contribution >= 4 is 11.3 Å². The van der Waals surface area contributed by atoms with E-state index in [4.69, 9.17) is 0 Å². The van der Waals surface area contributed by atoms with Crippen molar-refractivity contribution in [3.8, 4) is 11.5 Å². The molecular weight excluding hydrogens is 248 g/mol. The molecule has 0 aliphatic carbocycles. The van der Waals surface area contributed by atoms with Crippen LogP contribution in [0.5, 0.6) is 0 Å². The molecule has 0 fully saturated rings. The average Bonchev–Trinajstić information content (AvgIpc) is 2.81. The minimum Gasteiger partial charge on any atom is -0.311 e. The van der Waals surface area contributed by atoms with Gasteiger partial charge in [-0.25, -0.2) is 9.97 Å². The van der Waals surface area contributed by atoms with Crippen LogP contribution in [0, 0.1) is 5.92 Å². The first kappa shape index (κ1) is 12.9. The molecule has 2 aromatic heterocycles. The molecule has 96 valence electrons. The molecule has 18 heavy (non-hydrogen) atoms. The smallest absolute Gasteiger partial charge is 0.251 e. The highest BCUT2D eigenvalue weighted by atomic mass is 32.1. The van der Waals surface area contributed by atoms with Crippen molar-refractivity contribution in [3.05, 3.63) is 33.0 Å². The van der Waals surface area contributed by atoms with Gasteiger partial charge in [0.25, 0.3) is 5.56 Å². The molecule has 2 aromatic rings. The maximum atomic E-state index is 11.6. The molecule has 6 heteroatoms. The number of aromatic amines is 1. The second kappa shape index (κ2) is 5.88. The SMILES string of the molecule is CC(C)CNCc1cc(=O)[nH]c(-c2cscn2)n1. The molecule has 0 aromatic carbocycles. The number of hydrogen-bond acceptors (Lipinski definition) is 5. The Hall–Kier alpha value is -1.53. The van der Waals surface area contributed by atoms with Crippen molar-refractivity contribution in [2.45, 2.75) is 20.4 Å². The molecule has 0 amide bonds.